The van der Waals surface area contributed by atoms with Crippen LogP contribution in [0.1, 0.15) is 58.2 Å². The van der Waals surface area contributed by atoms with Crippen LogP contribution >= 0.6 is 0 Å². The number of benzene rings is 1. The van der Waals surface area contributed by atoms with Crippen LogP contribution in [0.15, 0.2) is 23.4 Å². The van der Waals surface area contributed by atoms with Gasteiger partial charge in [0.05, 0.1) is 6.21 Å². The predicted octanol–water partition coefficient (Wildman–Crippen LogP) is 4.26. The van der Waals surface area contributed by atoms with E-state index in [2.05, 4.69) is 64.9 Å². The van der Waals surface area contributed by atoms with E-state index in [-0.39, 0.29) is 10.8 Å². The van der Waals surface area contributed by atoms with E-state index >= 15 is 0 Å². The van der Waals surface area contributed by atoms with E-state index in [1.54, 1.807) is 13.3 Å². The third kappa shape index (κ3) is 3.86. The first kappa shape index (κ1) is 14.7. The summed E-state index contributed by atoms with van der Waals surface area (Å²) in [6, 6.07) is 6.65. The zero-order chi connectivity index (χ0) is 14.0. The minimum absolute atomic E-state index is 0.136. The lowest BCUT2D eigenvalue weighted by molar-refractivity contribution is 0.215. The quantitative estimate of drug-likeness (QED) is 0.565. The molecular formula is C16H25NO. The third-order valence-electron chi connectivity index (χ3n) is 2.99. The summed E-state index contributed by atoms with van der Waals surface area (Å²) in [6.07, 6.45) is 1.77. The maximum Gasteiger partial charge on any atom is 0.106 e. The Morgan fingerprint density at radius 3 is 1.67 bits per heavy atom. The SMILES string of the molecule is CO/N=C\c1cc(C(C)(C)C)cc(C(C)(C)C)c1. The maximum atomic E-state index is 4.77. The van der Waals surface area contributed by atoms with E-state index in [0.717, 1.165) is 5.56 Å². The van der Waals surface area contributed by atoms with Gasteiger partial charge in [0, 0.05) is 0 Å². The normalized spacial score (nSPS) is 13.1. The highest BCUT2D eigenvalue weighted by Gasteiger charge is 2.20. The molecule has 0 aliphatic heterocycles. The largest absolute Gasteiger partial charge is 0.399 e. The summed E-state index contributed by atoms with van der Waals surface area (Å²) >= 11 is 0. The van der Waals surface area contributed by atoms with E-state index in [0.29, 0.717) is 0 Å². The zero-order valence-electron chi connectivity index (χ0n) is 12.7. The van der Waals surface area contributed by atoms with Crippen molar-refractivity contribution < 1.29 is 4.84 Å². The van der Waals surface area contributed by atoms with E-state index in [4.69, 9.17) is 4.84 Å². The van der Waals surface area contributed by atoms with Crippen LogP contribution in [-0.2, 0) is 15.7 Å². The van der Waals surface area contributed by atoms with E-state index < -0.39 is 0 Å². The number of hydrogen-bond donors (Lipinski definition) is 0. The summed E-state index contributed by atoms with van der Waals surface area (Å²) in [5, 5.41) is 3.86. The van der Waals surface area contributed by atoms with Gasteiger partial charge in [-0.1, -0.05) is 52.8 Å². The van der Waals surface area contributed by atoms with Crippen LogP contribution in [0.2, 0.25) is 0 Å². The molecule has 0 saturated heterocycles. The van der Waals surface area contributed by atoms with Crippen molar-refractivity contribution >= 4 is 6.21 Å². The van der Waals surface area contributed by atoms with Crippen LogP contribution in [-0.4, -0.2) is 13.3 Å². The molecule has 0 heterocycles. The molecule has 0 spiro atoms. The fourth-order valence-electron chi connectivity index (χ4n) is 1.71. The van der Waals surface area contributed by atoms with Crippen LogP contribution in [0.25, 0.3) is 0 Å². The Morgan fingerprint density at radius 2 is 1.33 bits per heavy atom. The summed E-state index contributed by atoms with van der Waals surface area (Å²) in [4.78, 5) is 4.77. The summed E-state index contributed by atoms with van der Waals surface area (Å²) < 4.78 is 0. The summed E-state index contributed by atoms with van der Waals surface area (Å²) in [6.45, 7) is 13.4. The first-order valence-electron chi connectivity index (χ1n) is 6.37. The molecule has 0 unspecified atom stereocenters. The topological polar surface area (TPSA) is 21.6 Å². The van der Waals surface area contributed by atoms with Gasteiger partial charge >= 0.3 is 0 Å². The van der Waals surface area contributed by atoms with Crippen molar-refractivity contribution in [2.45, 2.75) is 52.4 Å². The second-order valence-electron chi connectivity index (χ2n) is 6.76. The molecule has 0 N–H and O–H groups in total. The average molecular weight is 247 g/mol. The molecule has 0 saturated carbocycles. The molecule has 2 nitrogen and oxygen atoms in total. The first-order valence-corrected chi connectivity index (χ1v) is 6.37. The molecule has 0 radical (unpaired) electrons. The van der Waals surface area contributed by atoms with Gasteiger partial charge in [0.2, 0.25) is 0 Å². The molecule has 0 aliphatic carbocycles. The molecule has 0 aliphatic rings. The van der Waals surface area contributed by atoms with Gasteiger partial charge in [-0.15, -0.1) is 0 Å². The Balaban J connectivity index is 3.34. The van der Waals surface area contributed by atoms with Crippen molar-refractivity contribution in [3.8, 4) is 0 Å². The van der Waals surface area contributed by atoms with Crippen molar-refractivity contribution in [2.24, 2.45) is 5.16 Å². The number of oxime groups is 1. The molecule has 0 fully saturated rings. The van der Waals surface area contributed by atoms with Crippen LogP contribution < -0.4 is 0 Å². The number of hydrogen-bond acceptors (Lipinski definition) is 2. The molecule has 0 amide bonds. The van der Waals surface area contributed by atoms with Crippen molar-refractivity contribution in [1.82, 2.24) is 0 Å². The standard InChI is InChI=1S/C16H25NO/c1-15(2,3)13-8-12(11-17-18-7)9-14(10-13)16(4,5)6/h8-11H,1-7H3/b17-11-. The molecule has 0 atom stereocenters. The second-order valence-corrected chi connectivity index (χ2v) is 6.76. The molecule has 0 bridgehead atoms. The number of rotatable bonds is 2. The van der Waals surface area contributed by atoms with Gasteiger partial charge in [0.25, 0.3) is 0 Å². The molecule has 1 aromatic rings. The van der Waals surface area contributed by atoms with Gasteiger partial charge < -0.3 is 4.84 Å². The van der Waals surface area contributed by atoms with Crippen LogP contribution in [0.4, 0.5) is 0 Å². The Morgan fingerprint density at radius 1 is 0.889 bits per heavy atom. The van der Waals surface area contributed by atoms with Gasteiger partial charge in [-0.2, -0.15) is 0 Å². The van der Waals surface area contributed by atoms with Gasteiger partial charge in [0.15, 0.2) is 0 Å². The fourth-order valence-corrected chi connectivity index (χ4v) is 1.71. The highest BCUT2D eigenvalue weighted by atomic mass is 16.6. The predicted molar refractivity (Wildman–Crippen MR) is 78.4 cm³/mol. The van der Waals surface area contributed by atoms with Crippen LogP contribution in [0.5, 0.6) is 0 Å². The molecule has 18 heavy (non-hydrogen) atoms. The lowest BCUT2D eigenvalue weighted by atomic mass is 9.80. The van der Waals surface area contributed by atoms with Crippen molar-refractivity contribution in [2.75, 3.05) is 7.11 Å². The van der Waals surface area contributed by atoms with E-state index in [1.807, 2.05) is 0 Å². The molecule has 1 rings (SSSR count). The van der Waals surface area contributed by atoms with Crippen molar-refractivity contribution in [3.05, 3.63) is 34.9 Å². The zero-order valence-corrected chi connectivity index (χ0v) is 12.7. The molecule has 2 heteroatoms. The maximum absolute atomic E-state index is 4.77. The van der Waals surface area contributed by atoms with Gasteiger partial charge in [-0.25, -0.2) is 0 Å². The van der Waals surface area contributed by atoms with Gasteiger partial charge in [-0.3, -0.25) is 0 Å². The molecule has 0 aromatic heterocycles. The first-order chi connectivity index (χ1) is 8.14. The Labute approximate surface area is 111 Å². The van der Waals surface area contributed by atoms with Gasteiger partial charge in [-0.05, 0) is 39.7 Å². The smallest absolute Gasteiger partial charge is 0.106 e. The summed E-state index contributed by atoms with van der Waals surface area (Å²) in [7, 11) is 1.56. The number of nitrogens with zero attached hydrogens (tertiary/aromatic N) is 1. The average Bonchev–Trinajstić information content (AvgIpc) is 2.23. The van der Waals surface area contributed by atoms with Gasteiger partial charge in [0.1, 0.15) is 7.11 Å². The van der Waals surface area contributed by atoms with Crippen molar-refractivity contribution in [3.63, 3.8) is 0 Å². The molecular weight excluding hydrogens is 222 g/mol. The van der Waals surface area contributed by atoms with E-state index in [9.17, 15) is 0 Å². The molecule has 1 aromatic carbocycles. The highest BCUT2D eigenvalue weighted by Crippen LogP contribution is 2.29. The highest BCUT2D eigenvalue weighted by molar-refractivity contribution is 5.80. The van der Waals surface area contributed by atoms with E-state index in [1.165, 1.54) is 11.1 Å². The third-order valence-corrected chi connectivity index (χ3v) is 2.99. The monoisotopic (exact) mass is 247 g/mol. The second kappa shape index (κ2) is 5.13. The minimum Gasteiger partial charge on any atom is -0.399 e. The lowest BCUT2D eigenvalue weighted by Crippen LogP contribution is -2.17. The fraction of sp³-hybridized carbons (Fsp3) is 0.562. The van der Waals surface area contributed by atoms with Crippen LogP contribution in [0, 0.1) is 0 Å². The Bertz CT molecular complexity index is 401. The summed E-state index contributed by atoms with van der Waals surface area (Å²) in [5.41, 5.74) is 4.02. The Kier molecular flexibility index (Phi) is 4.20. The Hall–Kier alpha value is -1.31. The van der Waals surface area contributed by atoms with Crippen LogP contribution in [0.3, 0.4) is 0 Å². The lowest BCUT2D eigenvalue weighted by Gasteiger charge is -2.25. The molecule has 100 valence electrons. The minimum atomic E-state index is 0.136. The summed E-state index contributed by atoms with van der Waals surface area (Å²) in [5.74, 6) is 0. The van der Waals surface area contributed by atoms with Crippen molar-refractivity contribution in [1.29, 1.82) is 0 Å².